The van der Waals surface area contributed by atoms with Crippen LogP contribution < -0.4 is 5.32 Å². The third kappa shape index (κ3) is 4.39. The minimum atomic E-state index is 0.750. The molecular weight excluding hydrogens is 279 g/mol. The van der Waals surface area contributed by atoms with Crippen molar-refractivity contribution in [1.82, 2.24) is 10.2 Å². The first-order valence-corrected chi connectivity index (χ1v) is 7.27. The second-order valence-corrected chi connectivity index (χ2v) is 6.27. The topological polar surface area (TPSA) is 24.5 Å². The average molecular weight is 295 g/mol. The maximum atomic E-state index is 6.04. The van der Waals surface area contributed by atoms with Gasteiger partial charge < -0.3 is 10.1 Å². The van der Waals surface area contributed by atoms with E-state index < -0.39 is 0 Å². The number of morpholine rings is 1. The molecule has 0 aromatic carbocycles. The van der Waals surface area contributed by atoms with Crippen LogP contribution in [0, 0.1) is 0 Å². The number of hydrogen-bond acceptors (Lipinski definition) is 4. The van der Waals surface area contributed by atoms with Crippen LogP contribution in [0.3, 0.4) is 0 Å². The Bertz CT molecular complexity index is 353. The predicted molar refractivity (Wildman–Crippen MR) is 73.3 cm³/mol. The molecule has 2 heterocycles. The van der Waals surface area contributed by atoms with Crippen molar-refractivity contribution >= 4 is 34.5 Å². The summed E-state index contributed by atoms with van der Waals surface area (Å²) in [6.45, 7) is 6.58. The van der Waals surface area contributed by atoms with E-state index in [0.29, 0.717) is 0 Å². The second-order valence-electron chi connectivity index (χ2n) is 3.98. The molecule has 0 atom stereocenters. The van der Waals surface area contributed by atoms with E-state index in [9.17, 15) is 0 Å². The van der Waals surface area contributed by atoms with Crippen molar-refractivity contribution in [3.05, 3.63) is 20.3 Å². The highest BCUT2D eigenvalue weighted by Crippen LogP contribution is 2.30. The van der Waals surface area contributed by atoms with Gasteiger partial charge in [0.15, 0.2) is 0 Å². The molecule has 0 spiro atoms. The van der Waals surface area contributed by atoms with Crippen LogP contribution in [0.4, 0.5) is 0 Å². The summed E-state index contributed by atoms with van der Waals surface area (Å²) in [5.74, 6) is 0. The van der Waals surface area contributed by atoms with Gasteiger partial charge in [-0.15, -0.1) is 11.3 Å². The van der Waals surface area contributed by atoms with E-state index in [1.807, 2.05) is 6.07 Å². The summed E-state index contributed by atoms with van der Waals surface area (Å²) in [6.07, 6.45) is 0. The summed E-state index contributed by atoms with van der Waals surface area (Å²) < 4.78 is 6.84. The molecule has 0 amide bonds. The van der Waals surface area contributed by atoms with Gasteiger partial charge in [-0.25, -0.2) is 0 Å². The van der Waals surface area contributed by atoms with Crippen LogP contribution in [0.1, 0.15) is 5.56 Å². The Morgan fingerprint density at radius 2 is 2.12 bits per heavy atom. The minimum absolute atomic E-state index is 0.750. The van der Waals surface area contributed by atoms with Crippen molar-refractivity contribution in [2.24, 2.45) is 0 Å². The third-order valence-electron chi connectivity index (χ3n) is 2.75. The van der Waals surface area contributed by atoms with Gasteiger partial charge in [-0.3, -0.25) is 4.90 Å². The Balaban J connectivity index is 1.64. The van der Waals surface area contributed by atoms with E-state index in [1.54, 1.807) is 0 Å². The van der Waals surface area contributed by atoms with Crippen LogP contribution in [0.5, 0.6) is 0 Å². The Hall–Kier alpha value is 0.160. The van der Waals surface area contributed by atoms with Crippen LogP contribution in [0.25, 0.3) is 0 Å². The van der Waals surface area contributed by atoms with E-state index in [1.165, 1.54) is 11.3 Å². The maximum absolute atomic E-state index is 6.04. The summed E-state index contributed by atoms with van der Waals surface area (Å²) in [4.78, 5) is 2.40. The van der Waals surface area contributed by atoms with Gasteiger partial charge in [-0.05, 0) is 11.6 Å². The molecule has 1 N–H and O–H groups in total. The largest absolute Gasteiger partial charge is 0.379 e. The molecule has 2 rings (SSSR count). The van der Waals surface area contributed by atoms with E-state index >= 15 is 0 Å². The number of hydrogen-bond donors (Lipinski definition) is 1. The molecule has 96 valence electrons. The van der Waals surface area contributed by atoms with Gasteiger partial charge in [0.2, 0.25) is 0 Å². The normalized spacial score (nSPS) is 17.5. The van der Waals surface area contributed by atoms with Crippen LogP contribution in [0.15, 0.2) is 6.07 Å². The lowest BCUT2D eigenvalue weighted by molar-refractivity contribution is 0.0384. The van der Waals surface area contributed by atoms with Crippen molar-refractivity contribution in [1.29, 1.82) is 0 Å². The molecule has 0 radical (unpaired) electrons. The summed E-state index contributed by atoms with van der Waals surface area (Å²) in [7, 11) is 0. The lowest BCUT2D eigenvalue weighted by atomic mass is 10.3. The highest BCUT2D eigenvalue weighted by atomic mass is 35.5. The molecule has 3 nitrogen and oxygen atoms in total. The zero-order chi connectivity index (χ0) is 12.1. The smallest absolute Gasteiger partial charge is 0.0989 e. The molecule has 1 aliphatic heterocycles. The summed E-state index contributed by atoms with van der Waals surface area (Å²) in [5.41, 5.74) is 1.09. The molecule has 0 unspecified atom stereocenters. The van der Waals surface area contributed by atoms with Gasteiger partial charge in [0.1, 0.15) is 0 Å². The fourth-order valence-electron chi connectivity index (χ4n) is 1.78. The molecule has 0 aliphatic carbocycles. The molecule has 1 aromatic rings. The number of nitrogens with zero attached hydrogens (tertiary/aromatic N) is 1. The molecular formula is C11H16Cl2N2OS. The van der Waals surface area contributed by atoms with E-state index in [4.69, 9.17) is 27.9 Å². The molecule has 17 heavy (non-hydrogen) atoms. The lowest BCUT2D eigenvalue weighted by Crippen LogP contribution is -2.40. The molecule has 1 aromatic heterocycles. The number of rotatable bonds is 5. The van der Waals surface area contributed by atoms with Crippen LogP contribution >= 0.6 is 34.5 Å². The van der Waals surface area contributed by atoms with Crippen molar-refractivity contribution in [2.75, 3.05) is 39.4 Å². The quantitative estimate of drug-likeness (QED) is 0.845. The number of nitrogens with one attached hydrogen (secondary N) is 1. The van der Waals surface area contributed by atoms with Crippen molar-refractivity contribution in [3.63, 3.8) is 0 Å². The zero-order valence-electron chi connectivity index (χ0n) is 9.55. The number of thiophene rings is 1. The standard InChI is InChI=1S/C11H16Cl2N2OS/c12-10-7-9(11(13)17-10)8-14-1-2-15-3-5-16-6-4-15/h7,14H,1-6,8H2. The third-order valence-corrected chi connectivity index (χ3v) is 4.32. The number of halogens is 2. The number of ether oxygens (including phenoxy) is 1. The fraction of sp³-hybridized carbons (Fsp3) is 0.636. The predicted octanol–water partition coefficient (Wildman–Crippen LogP) is 2.48. The average Bonchev–Trinajstić information content (AvgIpc) is 2.65. The Kier molecular flexibility index (Phi) is 5.53. The lowest BCUT2D eigenvalue weighted by Gasteiger charge is -2.26. The molecule has 6 heteroatoms. The molecule has 0 saturated carbocycles. The minimum Gasteiger partial charge on any atom is -0.379 e. The van der Waals surface area contributed by atoms with Crippen LogP contribution in [-0.4, -0.2) is 44.3 Å². The van der Waals surface area contributed by atoms with Gasteiger partial charge in [0.25, 0.3) is 0 Å². The Morgan fingerprint density at radius 1 is 1.35 bits per heavy atom. The zero-order valence-corrected chi connectivity index (χ0v) is 11.9. The summed E-state index contributed by atoms with van der Waals surface area (Å²) in [6, 6.07) is 1.93. The first kappa shape index (κ1) is 13.6. The SMILES string of the molecule is Clc1cc(CNCCN2CCOCC2)c(Cl)s1. The molecule has 1 aliphatic rings. The highest BCUT2D eigenvalue weighted by Gasteiger charge is 2.09. The van der Waals surface area contributed by atoms with Crippen molar-refractivity contribution in [3.8, 4) is 0 Å². The fourth-order valence-corrected chi connectivity index (χ4v) is 3.27. The Labute approximate surface area is 116 Å². The van der Waals surface area contributed by atoms with Crippen LogP contribution in [0.2, 0.25) is 8.67 Å². The first-order chi connectivity index (χ1) is 8.25. The molecule has 1 fully saturated rings. The van der Waals surface area contributed by atoms with Crippen LogP contribution in [-0.2, 0) is 11.3 Å². The second kappa shape index (κ2) is 6.92. The summed E-state index contributed by atoms with van der Waals surface area (Å²) >= 11 is 13.3. The van der Waals surface area contributed by atoms with E-state index in [0.717, 1.165) is 60.2 Å². The highest BCUT2D eigenvalue weighted by molar-refractivity contribution is 7.20. The first-order valence-electron chi connectivity index (χ1n) is 5.70. The van der Waals surface area contributed by atoms with E-state index in [-0.39, 0.29) is 0 Å². The van der Waals surface area contributed by atoms with Gasteiger partial charge >= 0.3 is 0 Å². The molecule has 0 bridgehead atoms. The van der Waals surface area contributed by atoms with Crippen molar-refractivity contribution in [2.45, 2.75) is 6.54 Å². The van der Waals surface area contributed by atoms with Crippen molar-refractivity contribution < 1.29 is 4.74 Å². The maximum Gasteiger partial charge on any atom is 0.0989 e. The van der Waals surface area contributed by atoms with Gasteiger partial charge in [0.05, 0.1) is 21.9 Å². The molecule has 1 saturated heterocycles. The van der Waals surface area contributed by atoms with E-state index in [2.05, 4.69) is 10.2 Å². The van der Waals surface area contributed by atoms with Gasteiger partial charge in [-0.2, -0.15) is 0 Å². The monoisotopic (exact) mass is 294 g/mol. The van der Waals surface area contributed by atoms with Gasteiger partial charge in [0, 0.05) is 32.7 Å². The Morgan fingerprint density at radius 3 is 2.76 bits per heavy atom. The van der Waals surface area contributed by atoms with Gasteiger partial charge in [-0.1, -0.05) is 23.2 Å². The summed E-state index contributed by atoms with van der Waals surface area (Å²) in [5, 5.41) is 3.38.